The van der Waals surface area contributed by atoms with Crippen LogP contribution in [0.5, 0.6) is 5.19 Å². The Kier molecular flexibility index (Phi) is 2.87. The molecule has 6 heteroatoms. The van der Waals surface area contributed by atoms with Crippen LogP contribution in [0.3, 0.4) is 0 Å². The zero-order valence-electron chi connectivity index (χ0n) is 6.52. The summed E-state index contributed by atoms with van der Waals surface area (Å²) in [7, 11) is 1.55. The highest BCUT2D eigenvalue weighted by Crippen LogP contribution is 2.17. The van der Waals surface area contributed by atoms with Crippen molar-refractivity contribution in [2.24, 2.45) is 10.9 Å². The number of nitrogens with zero attached hydrogens (tertiary/aromatic N) is 2. The van der Waals surface area contributed by atoms with Crippen LogP contribution in [0.2, 0.25) is 0 Å². The Morgan fingerprint density at radius 2 is 2.67 bits per heavy atom. The van der Waals surface area contributed by atoms with Gasteiger partial charge < -0.3 is 15.7 Å². The Bertz CT molecular complexity index is 284. The van der Waals surface area contributed by atoms with Crippen molar-refractivity contribution < 1.29 is 9.94 Å². The Morgan fingerprint density at radius 1 is 1.92 bits per heavy atom. The number of aromatic nitrogens is 1. The molecule has 0 radical (unpaired) electrons. The van der Waals surface area contributed by atoms with E-state index in [4.69, 9.17) is 15.7 Å². The summed E-state index contributed by atoms with van der Waals surface area (Å²) in [6.45, 7) is 0. The average molecular weight is 187 g/mol. The van der Waals surface area contributed by atoms with Gasteiger partial charge in [0, 0.05) is 5.38 Å². The van der Waals surface area contributed by atoms with Gasteiger partial charge in [-0.1, -0.05) is 16.5 Å². The number of ether oxygens (including phenoxy) is 1. The first-order chi connectivity index (χ1) is 5.76. The van der Waals surface area contributed by atoms with Gasteiger partial charge in [0.15, 0.2) is 0 Å². The third-order valence-corrected chi connectivity index (χ3v) is 2.05. The first-order valence-electron chi connectivity index (χ1n) is 3.21. The van der Waals surface area contributed by atoms with Gasteiger partial charge in [-0.25, -0.2) is 4.98 Å². The van der Waals surface area contributed by atoms with Gasteiger partial charge in [-0.05, 0) is 0 Å². The maximum atomic E-state index is 8.27. The van der Waals surface area contributed by atoms with Crippen molar-refractivity contribution in [1.29, 1.82) is 0 Å². The fraction of sp³-hybridized carbons (Fsp3) is 0.333. The van der Waals surface area contributed by atoms with Crippen LogP contribution >= 0.6 is 11.3 Å². The number of nitrogens with two attached hydrogens (primary N) is 1. The van der Waals surface area contributed by atoms with Gasteiger partial charge in [-0.2, -0.15) is 0 Å². The maximum Gasteiger partial charge on any atom is 0.273 e. The fourth-order valence-electron chi connectivity index (χ4n) is 0.684. The van der Waals surface area contributed by atoms with E-state index in [0.29, 0.717) is 11.6 Å². The summed E-state index contributed by atoms with van der Waals surface area (Å²) in [4.78, 5) is 4.04. The molecule has 0 atom stereocenters. The summed E-state index contributed by atoms with van der Waals surface area (Å²) in [6, 6.07) is 0. The van der Waals surface area contributed by atoms with Crippen LogP contribution in [0.25, 0.3) is 0 Å². The van der Waals surface area contributed by atoms with Gasteiger partial charge in [0.1, 0.15) is 5.84 Å². The minimum absolute atomic E-state index is 0.142. The largest absolute Gasteiger partial charge is 0.473 e. The number of thiazole rings is 1. The van der Waals surface area contributed by atoms with Gasteiger partial charge in [0.05, 0.1) is 19.2 Å². The lowest BCUT2D eigenvalue weighted by atomic mass is 10.3. The molecule has 0 unspecified atom stereocenters. The molecule has 0 saturated carbocycles. The third kappa shape index (κ3) is 2.09. The summed E-state index contributed by atoms with van der Waals surface area (Å²) < 4.78 is 4.87. The lowest BCUT2D eigenvalue weighted by Gasteiger charge is -1.92. The Balaban J connectivity index is 2.64. The smallest absolute Gasteiger partial charge is 0.273 e. The van der Waals surface area contributed by atoms with E-state index < -0.39 is 0 Å². The number of hydrogen-bond acceptors (Lipinski definition) is 5. The first kappa shape index (κ1) is 8.79. The van der Waals surface area contributed by atoms with Crippen molar-refractivity contribution >= 4 is 17.2 Å². The molecule has 3 N–H and O–H groups in total. The molecule has 1 rings (SSSR count). The molecule has 1 aromatic heterocycles. The first-order valence-corrected chi connectivity index (χ1v) is 4.09. The quantitative estimate of drug-likeness (QED) is 0.311. The van der Waals surface area contributed by atoms with Crippen LogP contribution < -0.4 is 10.5 Å². The third-order valence-electron chi connectivity index (χ3n) is 1.20. The molecule has 66 valence electrons. The van der Waals surface area contributed by atoms with E-state index in [1.807, 2.05) is 0 Å². The summed E-state index contributed by atoms with van der Waals surface area (Å²) >= 11 is 1.38. The molecule has 5 nitrogen and oxygen atoms in total. The second-order valence-corrected chi connectivity index (χ2v) is 2.90. The van der Waals surface area contributed by atoms with Gasteiger partial charge in [-0.3, -0.25) is 0 Å². The molecule has 1 aromatic rings. The molecule has 0 aliphatic heterocycles. The van der Waals surface area contributed by atoms with Crippen molar-refractivity contribution in [3.63, 3.8) is 0 Å². The molecule has 0 bridgehead atoms. The highest BCUT2D eigenvalue weighted by molar-refractivity contribution is 7.11. The van der Waals surface area contributed by atoms with Crippen molar-refractivity contribution in [2.75, 3.05) is 7.11 Å². The molecule has 0 amide bonds. The highest BCUT2D eigenvalue weighted by Gasteiger charge is 2.03. The SMILES string of the molecule is COc1nc(C/C(N)=N/O)cs1. The molecule has 12 heavy (non-hydrogen) atoms. The number of rotatable bonds is 3. The minimum Gasteiger partial charge on any atom is -0.473 e. The summed E-state index contributed by atoms with van der Waals surface area (Å²) in [6.07, 6.45) is 0.344. The predicted octanol–water partition coefficient (Wildman–Crippen LogP) is 0.441. The van der Waals surface area contributed by atoms with Gasteiger partial charge in [0.25, 0.3) is 5.19 Å². The van der Waals surface area contributed by atoms with Crippen molar-refractivity contribution in [3.8, 4) is 5.19 Å². The number of oxime groups is 1. The second-order valence-electron chi connectivity index (χ2n) is 2.08. The van der Waals surface area contributed by atoms with Gasteiger partial charge in [0.2, 0.25) is 0 Å². The summed E-state index contributed by atoms with van der Waals surface area (Å²) in [5, 5.41) is 13.5. The van der Waals surface area contributed by atoms with Crippen LogP contribution in [-0.2, 0) is 6.42 Å². The lowest BCUT2D eigenvalue weighted by Crippen LogP contribution is -2.14. The number of amidine groups is 1. The van der Waals surface area contributed by atoms with Crippen LogP contribution in [-0.4, -0.2) is 23.1 Å². The van der Waals surface area contributed by atoms with Crippen LogP contribution in [0, 0.1) is 0 Å². The van der Waals surface area contributed by atoms with E-state index in [0.717, 1.165) is 5.69 Å². The van der Waals surface area contributed by atoms with Crippen LogP contribution in [0.4, 0.5) is 0 Å². The molecular weight excluding hydrogens is 178 g/mol. The van der Waals surface area contributed by atoms with E-state index in [2.05, 4.69) is 10.1 Å². The minimum atomic E-state index is 0.142. The monoisotopic (exact) mass is 187 g/mol. The molecular formula is C6H9N3O2S. The molecule has 0 aromatic carbocycles. The predicted molar refractivity (Wildman–Crippen MR) is 45.8 cm³/mol. The standard InChI is InChI=1S/C6H9N3O2S/c1-11-6-8-4(3-12-6)2-5(7)9-10/h3,10H,2H2,1H3,(H2,7,9). The molecule has 0 spiro atoms. The Hall–Kier alpha value is -1.30. The molecule has 0 fully saturated rings. The summed E-state index contributed by atoms with van der Waals surface area (Å²) in [5.41, 5.74) is 6.02. The highest BCUT2D eigenvalue weighted by atomic mass is 32.1. The zero-order valence-corrected chi connectivity index (χ0v) is 7.34. The molecule has 0 aliphatic carbocycles. The Labute approximate surface area is 73.5 Å². The van der Waals surface area contributed by atoms with Crippen LogP contribution in [0.15, 0.2) is 10.5 Å². The van der Waals surface area contributed by atoms with Crippen molar-refractivity contribution in [2.45, 2.75) is 6.42 Å². The Morgan fingerprint density at radius 3 is 3.17 bits per heavy atom. The zero-order chi connectivity index (χ0) is 8.97. The molecule has 1 heterocycles. The number of hydrogen-bond donors (Lipinski definition) is 2. The van der Waals surface area contributed by atoms with Crippen molar-refractivity contribution in [3.05, 3.63) is 11.1 Å². The van der Waals surface area contributed by atoms with E-state index in [1.54, 1.807) is 12.5 Å². The normalized spacial score (nSPS) is 11.6. The number of methoxy groups -OCH3 is 1. The summed E-state index contributed by atoms with van der Waals surface area (Å²) in [5.74, 6) is 0.142. The lowest BCUT2D eigenvalue weighted by molar-refractivity contribution is 0.317. The van der Waals surface area contributed by atoms with Crippen molar-refractivity contribution in [1.82, 2.24) is 4.98 Å². The molecule has 0 saturated heterocycles. The topological polar surface area (TPSA) is 80.7 Å². The second kappa shape index (κ2) is 3.91. The average Bonchev–Trinajstić information content (AvgIpc) is 2.52. The van der Waals surface area contributed by atoms with E-state index >= 15 is 0 Å². The fourth-order valence-corrected chi connectivity index (χ4v) is 1.32. The van der Waals surface area contributed by atoms with Crippen LogP contribution in [0.1, 0.15) is 5.69 Å². The van der Waals surface area contributed by atoms with Gasteiger partial charge >= 0.3 is 0 Å². The van der Waals surface area contributed by atoms with E-state index in [1.165, 1.54) is 11.3 Å². The van der Waals surface area contributed by atoms with E-state index in [9.17, 15) is 0 Å². The maximum absolute atomic E-state index is 8.27. The van der Waals surface area contributed by atoms with Gasteiger partial charge in [-0.15, -0.1) is 0 Å². The van der Waals surface area contributed by atoms with E-state index in [-0.39, 0.29) is 5.84 Å². The molecule has 0 aliphatic rings.